The van der Waals surface area contributed by atoms with Crippen molar-refractivity contribution in [3.05, 3.63) is 51.5 Å². The van der Waals surface area contributed by atoms with Gasteiger partial charge in [-0.2, -0.15) is 0 Å². The molecular weight excluding hydrogens is 404 g/mol. The highest BCUT2D eigenvalue weighted by atomic mass is 32.1. The minimum absolute atomic E-state index is 0.198. The van der Waals surface area contributed by atoms with E-state index in [2.05, 4.69) is 70.1 Å². The Balaban J connectivity index is 1.19. The van der Waals surface area contributed by atoms with E-state index < -0.39 is 0 Å². The third kappa shape index (κ3) is 5.93. The van der Waals surface area contributed by atoms with Crippen molar-refractivity contribution in [1.29, 1.82) is 0 Å². The third-order valence-corrected chi connectivity index (χ3v) is 7.55. The molecule has 0 aliphatic carbocycles. The number of aromatic nitrogens is 1. The van der Waals surface area contributed by atoms with Crippen molar-refractivity contribution in [2.75, 3.05) is 39.3 Å². The molecule has 168 valence electrons. The van der Waals surface area contributed by atoms with Crippen molar-refractivity contribution in [2.45, 2.75) is 52.6 Å². The molecule has 2 fully saturated rings. The summed E-state index contributed by atoms with van der Waals surface area (Å²) in [5, 5.41) is 3.29. The minimum atomic E-state index is 0.198. The topological polar surface area (TPSA) is 39.7 Å². The number of piperidine rings is 1. The lowest BCUT2D eigenvalue weighted by atomic mass is 9.95. The summed E-state index contributed by atoms with van der Waals surface area (Å²) in [4.78, 5) is 24.7. The minimum Gasteiger partial charge on any atom is -0.340 e. The largest absolute Gasteiger partial charge is 0.340 e. The number of likely N-dealkylation sites (tertiary alicyclic amines) is 1. The summed E-state index contributed by atoms with van der Waals surface area (Å²) in [6.45, 7) is 14.1. The van der Waals surface area contributed by atoms with Gasteiger partial charge >= 0.3 is 0 Å². The van der Waals surface area contributed by atoms with Gasteiger partial charge in [0.15, 0.2) is 0 Å². The Hall–Kier alpha value is -1.76. The molecule has 0 unspecified atom stereocenters. The lowest BCUT2D eigenvalue weighted by Crippen LogP contribution is -2.51. The molecule has 2 saturated heterocycles. The van der Waals surface area contributed by atoms with E-state index in [4.69, 9.17) is 0 Å². The summed E-state index contributed by atoms with van der Waals surface area (Å²) >= 11 is 1.72. The van der Waals surface area contributed by atoms with Crippen LogP contribution in [-0.4, -0.2) is 64.9 Å². The Morgan fingerprint density at radius 3 is 2.23 bits per heavy atom. The summed E-state index contributed by atoms with van der Waals surface area (Å²) in [5.41, 5.74) is 3.93. The van der Waals surface area contributed by atoms with Crippen LogP contribution in [0.15, 0.2) is 29.6 Å². The summed E-state index contributed by atoms with van der Waals surface area (Å²) in [6, 6.07) is 9.02. The normalized spacial score (nSPS) is 19.3. The van der Waals surface area contributed by atoms with E-state index in [9.17, 15) is 4.79 Å². The zero-order valence-electron chi connectivity index (χ0n) is 19.2. The lowest BCUT2D eigenvalue weighted by molar-refractivity contribution is -0.139. The number of aryl methyl sites for hydroxylation is 1. The standard InChI is InChI=1S/C25H36N4OS/c1-19(2)22-6-4-21(5-7-22)16-28-12-14-29(15-13-28)25(30)23-8-10-27(11-9-23)17-24-18-31-20(3)26-24/h4-7,18-19,23H,8-17H2,1-3H3. The molecule has 2 aromatic rings. The molecule has 1 aromatic carbocycles. The van der Waals surface area contributed by atoms with Gasteiger partial charge in [0, 0.05) is 50.6 Å². The fraction of sp³-hybridized carbons (Fsp3) is 0.600. The smallest absolute Gasteiger partial charge is 0.225 e. The van der Waals surface area contributed by atoms with Gasteiger partial charge < -0.3 is 4.90 Å². The molecule has 0 atom stereocenters. The van der Waals surface area contributed by atoms with Gasteiger partial charge in [0.1, 0.15) is 0 Å². The number of hydrogen-bond acceptors (Lipinski definition) is 5. The van der Waals surface area contributed by atoms with E-state index in [1.54, 1.807) is 11.3 Å². The second-order valence-electron chi connectivity index (χ2n) is 9.41. The Kier molecular flexibility index (Phi) is 7.41. The molecule has 0 spiro atoms. The molecule has 0 saturated carbocycles. The van der Waals surface area contributed by atoms with Crippen molar-refractivity contribution in [1.82, 2.24) is 19.7 Å². The Labute approximate surface area is 191 Å². The first-order valence-corrected chi connectivity index (χ1v) is 12.6. The monoisotopic (exact) mass is 440 g/mol. The number of rotatable bonds is 6. The van der Waals surface area contributed by atoms with Crippen molar-refractivity contribution < 1.29 is 4.79 Å². The van der Waals surface area contributed by atoms with Crippen LogP contribution < -0.4 is 0 Å². The van der Waals surface area contributed by atoms with Crippen molar-refractivity contribution in [3.63, 3.8) is 0 Å². The first kappa shape index (κ1) is 22.4. The highest BCUT2D eigenvalue weighted by Crippen LogP contribution is 2.23. The Morgan fingerprint density at radius 1 is 1.00 bits per heavy atom. The predicted molar refractivity (Wildman–Crippen MR) is 127 cm³/mol. The maximum atomic E-state index is 13.1. The Morgan fingerprint density at radius 2 is 1.65 bits per heavy atom. The molecule has 0 N–H and O–H groups in total. The molecule has 1 aromatic heterocycles. The molecule has 3 heterocycles. The van der Waals surface area contributed by atoms with Gasteiger partial charge in [-0.15, -0.1) is 11.3 Å². The molecule has 2 aliphatic rings. The Bertz CT molecular complexity index is 847. The fourth-order valence-corrected chi connectivity index (χ4v) is 5.30. The van der Waals surface area contributed by atoms with Gasteiger partial charge in [-0.25, -0.2) is 4.98 Å². The number of benzene rings is 1. The van der Waals surface area contributed by atoms with Gasteiger partial charge in [0.25, 0.3) is 0 Å². The first-order chi connectivity index (χ1) is 15.0. The molecule has 31 heavy (non-hydrogen) atoms. The van der Waals surface area contributed by atoms with Crippen LogP contribution in [0.3, 0.4) is 0 Å². The van der Waals surface area contributed by atoms with E-state index in [1.807, 2.05) is 0 Å². The van der Waals surface area contributed by atoms with Crippen LogP contribution in [-0.2, 0) is 17.9 Å². The number of hydrogen-bond donors (Lipinski definition) is 0. The van der Waals surface area contributed by atoms with E-state index in [0.717, 1.165) is 70.2 Å². The summed E-state index contributed by atoms with van der Waals surface area (Å²) < 4.78 is 0. The fourth-order valence-electron chi connectivity index (χ4n) is 4.70. The summed E-state index contributed by atoms with van der Waals surface area (Å²) in [7, 11) is 0. The molecular formula is C25H36N4OS. The lowest BCUT2D eigenvalue weighted by Gasteiger charge is -2.38. The van der Waals surface area contributed by atoms with Crippen LogP contribution in [0.5, 0.6) is 0 Å². The summed E-state index contributed by atoms with van der Waals surface area (Å²) in [6.07, 6.45) is 1.95. The number of nitrogens with zero attached hydrogens (tertiary/aromatic N) is 4. The number of piperazine rings is 1. The molecule has 5 nitrogen and oxygen atoms in total. The van der Waals surface area contributed by atoms with Gasteiger partial charge in [0.2, 0.25) is 5.91 Å². The molecule has 0 bridgehead atoms. The van der Waals surface area contributed by atoms with Gasteiger partial charge in [0.05, 0.1) is 10.7 Å². The van der Waals surface area contributed by atoms with Crippen molar-refractivity contribution >= 4 is 17.2 Å². The number of carbonyl (C=O) groups is 1. The average molecular weight is 441 g/mol. The number of carbonyl (C=O) groups excluding carboxylic acids is 1. The predicted octanol–water partition coefficient (Wildman–Crippen LogP) is 4.13. The maximum absolute atomic E-state index is 13.1. The number of thiazole rings is 1. The van der Waals surface area contributed by atoms with Crippen LogP contribution in [0.2, 0.25) is 0 Å². The second kappa shape index (κ2) is 10.2. The number of amides is 1. The van der Waals surface area contributed by atoms with Crippen LogP contribution in [0.4, 0.5) is 0 Å². The van der Waals surface area contributed by atoms with E-state index in [0.29, 0.717) is 11.8 Å². The van der Waals surface area contributed by atoms with E-state index >= 15 is 0 Å². The highest BCUT2D eigenvalue weighted by molar-refractivity contribution is 7.09. The van der Waals surface area contributed by atoms with Gasteiger partial charge in [-0.3, -0.25) is 14.6 Å². The second-order valence-corrected chi connectivity index (χ2v) is 10.5. The third-order valence-electron chi connectivity index (χ3n) is 6.73. The average Bonchev–Trinajstić information content (AvgIpc) is 3.19. The van der Waals surface area contributed by atoms with Crippen molar-refractivity contribution in [3.8, 4) is 0 Å². The van der Waals surface area contributed by atoms with Crippen molar-refractivity contribution in [2.24, 2.45) is 5.92 Å². The zero-order valence-corrected chi connectivity index (χ0v) is 20.0. The molecule has 6 heteroatoms. The first-order valence-electron chi connectivity index (χ1n) is 11.7. The van der Waals surface area contributed by atoms with Gasteiger partial charge in [-0.1, -0.05) is 38.1 Å². The summed E-state index contributed by atoms with van der Waals surface area (Å²) in [5.74, 6) is 1.15. The molecule has 0 radical (unpaired) electrons. The van der Waals surface area contributed by atoms with E-state index in [1.165, 1.54) is 16.8 Å². The highest BCUT2D eigenvalue weighted by Gasteiger charge is 2.30. The van der Waals surface area contributed by atoms with Crippen LogP contribution in [0.1, 0.15) is 54.4 Å². The van der Waals surface area contributed by atoms with Crippen LogP contribution >= 0.6 is 11.3 Å². The molecule has 1 amide bonds. The SMILES string of the molecule is Cc1nc(CN2CCC(C(=O)N3CCN(Cc4ccc(C(C)C)cc4)CC3)CC2)cs1. The van der Waals surface area contributed by atoms with Crippen LogP contribution in [0, 0.1) is 12.8 Å². The zero-order chi connectivity index (χ0) is 21.8. The molecule has 2 aliphatic heterocycles. The van der Waals surface area contributed by atoms with Crippen LogP contribution in [0.25, 0.3) is 0 Å². The quantitative estimate of drug-likeness (QED) is 0.677. The van der Waals surface area contributed by atoms with Gasteiger partial charge in [-0.05, 0) is 49.9 Å². The van der Waals surface area contributed by atoms with E-state index in [-0.39, 0.29) is 5.92 Å². The maximum Gasteiger partial charge on any atom is 0.225 e. The molecule has 4 rings (SSSR count).